The molecule has 1 radical (unpaired) electrons. The van der Waals surface area contributed by atoms with Gasteiger partial charge in [0.1, 0.15) is 0 Å². The van der Waals surface area contributed by atoms with Crippen LogP contribution in [0.4, 0.5) is 0 Å². The van der Waals surface area contributed by atoms with Gasteiger partial charge in [0.05, 0.1) is 4.87 Å². The predicted octanol–water partition coefficient (Wildman–Crippen LogP) is 2.37. The Hall–Kier alpha value is 1.37. The van der Waals surface area contributed by atoms with Crippen molar-refractivity contribution >= 4 is 11.8 Å². The molecule has 2 saturated heterocycles. The second-order valence-electron chi connectivity index (χ2n) is 3.55. The Morgan fingerprint density at radius 2 is 2.00 bits per heavy atom. The van der Waals surface area contributed by atoms with Crippen LogP contribution in [0.25, 0.3) is 5.32 Å². The van der Waals surface area contributed by atoms with E-state index in [9.17, 15) is 0 Å². The average molecular weight is 289 g/mol. The molecule has 81 valence electrons. The smallest absolute Gasteiger partial charge is 0.0637 e. The van der Waals surface area contributed by atoms with E-state index in [1.165, 1.54) is 31.7 Å². The van der Waals surface area contributed by atoms with Gasteiger partial charge in [0.2, 0.25) is 0 Å². The van der Waals surface area contributed by atoms with Crippen molar-refractivity contribution in [3.8, 4) is 0 Å². The summed E-state index contributed by atoms with van der Waals surface area (Å²) in [5.74, 6) is 1.33. The molecule has 0 saturated carbocycles. The SMILES string of the molecule is CCN1CCSC12CC[N-]CC2.[CH3-].[Y]. The van der Waals surface area contributed by atoms with E-state index in [1.54, 1.807) is 0 Å². The van der Waals surface area contributed by atoms with Crippen molar-refractivity contribution in [2.75, 3.05) is 31.9 Å². The van der Waals surface area contributed by atoms with E-state index < -0.39 is 0 Å². The fourth-order valence-corrected chi connectivity index (χ4v) is 3.86. The van der Waals surface area contributed by atoms with Crippen molar-refractivity contribution in [2.45, 2.75) is 24.6 Å². The van der Waals surface area contributed by atoms with Gasteiger partial charge < -0.3 is 12.7 Å². The van der Waals surface area contributed by atoms with Crippen LogP contribution in [0.2, 0.25) is 0 Å². The minimum atomic E-state index is 0. The molecule has 0 N–H and O–H groups in total. The van der Waals surface area contributed by atoms with Gasteiger partial charge in [-0.1, -0.05) is 6.92 Å². The Bertz CT molecular complexity index is 160. The Morgan fingerprint density at radius 1 is 1.36 bits per heavy atom. The summed E-state index contributed by atoms with van der Waals surface area (Å²) in [6.07, 6.45) is 2.57. The van der Waals surface area contributed by atoms with Gasteiger partial charge in [0, 0.05) is 45.0 Å². The van der Waals surface area contributed by atoms with Crippen molar-refractivity contribution in [1.29, 1.82) is 0 Å². The summed E-state index contributed by atoms with van der Waals surface area (Å²) in [6.45, 7) is 6.96. The van der Waals surface area contributed by atoms with Crippen LogP contribution >= 0.6 is 11.8 Å². The molecule has 0 amide bonds. The normalized spacial score (nSPS) is 25.5. The summed E-state index contributed by atoms with van der Waals surface area (Å²) in [5.41, 5.74) is 0. The minimum absolute atomic E-state index is 0. The molecule has 0 unspecified atom stereocenters. The van der Waals surface area contributed by atoms with Gasteiger partial charge in [-0.25, -0.2) is 0 Å². The first-order valence-electron chi connectivity index (χ1n) is 4.90. The Morgan fingerprint density at radius 3 is 2.57 bits per heavy atom. The van der Waals surface area contributed by atoms with Gasteiger partial charge in [0.15, 0.2) is 0 Å². The van der Waals surface area contributed by atoms with Gasteiger partial charge in [-0.3, -0.25) is 4.90 Å². The van der Waals surface area contributed by atoms with Gasteiger partial charge in [0.25, 0.3) is 0 Å². The number of piperidine rings is 1. The van der Waals surface area contributed by atoms with Crippen LogP contribution in [-0.2, 0) is 32.7 Å². The maximum atomic E-state index is 4.42. The van der Waals surface area contributed by atoms with Gasteiger partial charge in [-0.05, 0) is 19.4 Å². The van der Waals surface area contributed by atoms with E-state index >= 15 is 0 Å². The van der Waals surface area contributed by atoms with Crippen LogP contribution in [0.3, 0.4) is 0 Å². The molecule has 2 aliphatic heterocycles. The second-order valence-corrected chi connectivity index (χ2v) is 5.00. The van der Waals surface area contributed by atoms with Crippen LogP contribution in [0, 0.1) is 7.43 Å². The third kappa shape index (κ3) is 2.94. The quantitative estimate of drug-likeness (QED) is 0.690. The van der Waals surface area contributed by atoms with Crippen molar-refractivity contribution in [1.82, 2.24) is 4.90 Å². The molecule has 0 aliphatic carbocycles. The molecule has 0 aromatic heterocycles. The number of hydrogen-bond acceptors (Lipinski definition) is 2. The molecule has 0 atom stereocenters. The topological polar surface area (TPSA) is 17.3 Å². The molecule has 1 spiro atoms. The molecule has 2 aliphatic rings. The van der Waals surface area contributed by atoms with Crippen LogP contribution in [0.15, 0.2) is 0 Å². The van der Waals surface area contributed by atoms with Crippen molar-refractivity contribution < 1.29 is 32.7 Å². The number of nitrogens with zero attached hydrogens (tertiary/aromatic N) is 2. The van der Waals surface area contributed by atoms with Crippen LogP contribution in [0.5, 0.6) is 0 Å². The van der Waals surface area contributed by atoms with Crippen LogP contribution in [-0.4, -0.2) is 41.7 Å². The second kappa shape index (κ2) is 6.85. The first kappa shape index (κ1) is 15.4. The van der Waals surface area contributed by atoms with Gasteiger partial charge in [-0.2, -0.15) is 0 Å². The zero-order valence-corrected chi connectivity index (χ0v) is 13.0. The van der Waals surface area contributed by atoms with E-state index in [0.29, 0.717) is 4.87 Å². The molecule has 2 rings (SSSR count). The number of thioether (sulfide) groups is 1. The number of hydrogen-bond donors (Lipinski definition) is 0. The minimum Gasteiger partial charge on any atom is -0.662 e. The standard InChI is InChI=1S/C9H17N2S.CH3.Y/c1-2-11-7-8-12-9(11)3-5-10-6-4-9;;/h2-8H2,1H3;1H3;/q2*-1;. The summed E-state index contributed by atoms with van der Waals surface area (Å²) in [4.78, 5) is 3.14. The molecule has 0 aromatic rings. The first-order valence-corrected chi connectivity index (χ1v) is 5.88. The van der Waals surface area contributed by atoms with E-state index in [4.69, 9.17) is 0 Å². The average Bonchev–Trinajstić information content (AvgIpc) is 2.49. The fraction of sp³-hybridized carbons (Fsp3) is 0.900. The third-order valence-corrected chi connectivity index (χ3v) is 4.60. The zero-order chi connectivity index (χ0) is 8.44. The Kier molecular flexibility index (Phi) is 7.52. The summed E-state index contributed by atoms with van der Waals surface area (Å²) in [5, 5.41) is 4.42. The molecule has 0 bridgehead atoms. The summed E-state index contributed by atoms with van der Waals surface area (Å²) in [6, 6.07) is 0. The number of rotatable bonds is 1. The maximum absolute atomic E-state index is 4.42. The van der Waals surface area contributed by atoms with Crippen LogP contribution in [0.1, 0.15) is 19.8 Å². The molecule has 14 heavy (non-hydrogen) atoms. The van der Waals surface area contributed by atoms with E-state index in [1.807, 2.05) is 0 Å². The molecule has 4 heteroatoms. The third-order valence-electron chi connectivity index (χ3n) is 3.01. The maximum Gasteiger partial charge on any atom is 0.0637 e. The van der Waals surface area contributed by atoms with Gasteiger partial charge in [-0.15, -0.1) is 24.9 Å². The summed E-state index contributed by atoms with van der Waals surface area (Å²) in [7, 11) is 0. The summed E-state index contributed by atoms with van der Waals surface area (Å²) >= 11 is 2.16. The van der Waals surface area contributed by atoms with Crippen molar-refractivity contribution in [2.24, 2.45) is 0 Å². The first-order chi connectivity index (χ1) is 5.87. The predicted molar refractivity (Wildman–Crippen MR) is 61.2 cm³/mol. The zero-order valence-electron chi connectivity index (χ0n) is 9.33. The largest absolute Gasteiger partial charge is 0.662 e. The summed E-state index contributed by atoms with van der Waals surface area (Å²) < 4.78 is 0. The molecule has 2 nitrogen and oxygen atoms in total. The molecule has 2 heterocycles. The van der Waals surface area contributed by atoms with E-state index in [-0.39, 0.29) is 40.1 Å². The molecular formula is C10H20N2SY-2. The van der Waals surface area contributed by atoms with E-state index in [2.05, 4.69) is 28.9 Å². The molecule has 2 fully saturated rings. The Balaban J connectivity index is 0.000000845. The van der Waals surface area contributed by atoms with E-state index in [0.717, 1.165) is 13.1 Å². The van der Waals surface area contributed by atoms with Crippen molar-refractivity contribution in [3.05, 3.63) is 12.7 Å². The van der Waals surface area contributed by atoms with Crippen LogP contribution < -0.4 is 0 Å². The van der Waals surface area contributed by atoms with Crippen molar-refractivity contribution in [3.63, 3.8) is 0 Å². The monoisotopic (exact) mass is 289 g/mol. The Labute approximate surface area is 118 Å². The van der Waals surface area contributed by atoms with Gasteiger partial charge >= 0.3 is 0 Å². The fourth-order valence-electron chi connectivity index (χ4n) is 2.29. The molecule has 0 aromatic carbocycles. The molecular weight excluding hydrogens is 269 g/mol.